The first-order valence-electron chi connectivity index (χ1n) is 10.8. The SMILES string of the molecule is CC1Cc2cc(F)c(S(N)(=O)=O)cc2N1C(=O)C1CN(c2ccc(-c3cnccc3Cl)cc2)C1. The zero-order valence-corrected chi connectivity index (χ0v) is 19.9. The lowest BCUT2D eigenvalue weighted by atomic mass is 9.96. The largest absolute Gasteiger partial charge is 0.370 e. The number of carbonyl (C=O) groups is 1. The molecule has 0 saturated carbocycles. The van der Waals surface area contributed by atoms with E-state index in [0.29, 0.717) is 35.8 Å². The molecule has 0 spiro atoms. The average Bonchev–Trinajstić information content (AvgIpc) is 3.06. The van der Waals surface area contributed by atoms with E-state index in [1.807, 2.05) is 31.2 Å². The molecule has 2 aliphatic rings. The smallest absolute Gasteiger partial charge is 0.241 e. The van der Waals surface area contributed by atoms with E-state index < -0.39 is 20.7 Å². The Morgan fingerprint density at radius 1 is 1.18 bits per heavy atom. The minimum atomic E-state index is -4.24. The fourth-order valence-corrected chi connectivity index (χ4v) is 5.48. The van der Waals surface area contributed by atoms with E-state index in [2.05, 4.69) is 9.88 Å². The standard InChI is InChI=1S/C24H22ClFN4O3S/c1-14-8-16-9-21(26)23(34(27,32)33)10-22(16)30(14)24(31)17-12-29(13-17)18-4-2-15(3-5-18)19-11-28-7-6-20(19)25/h2-7,9-11,14,17H,8,12-13H2,1H3,(H2,27,32,33). The van der Waals surface area contributed by atoms with Crippen LogP contribution in [0.3, 0.4) is 0 Å². The van der Waals surface area contributed by atoms with Crippen LogP contribution in [-0.2, 0) is 21.2 Å². The maximum Gasteiger partial charge on any atom is 0.241 e. The van der Waals surface area contributed by atoms with Gasteiger partial charge in [-0.25, -0.2) is 17.9 Å². The second-order valence-electron chi connectivity index (χ2n) is 8.72. The molecular weight excluding hydrogens is 479 g/mol. The Kier molecular flexibility index (Phi) is 5.58. The third kappa shape index (κ3) is 3.93. The Hall–Kier alpha value is -3.01. The molecule has 10 heteroatoms. The Balaban J connectivity index is 1.31. The third-order valence-corrected chi connectivity index (χ3v) is 7.69. The number of carbonyl (C=O) groups excluding carboxylic acids is 1. The maximum absolute atomic E-state index is 14.2. The molecule has 1 atom stereocenters. The molecule has 7 nitrogen and oxygen atoms in total. The van der Waals surface area contributed by atoms with Gasteiger partial charge in [-0.05, 0) is 54.8 Å². The molecule has 1 saturated heterocycles. The van der Waals surface area contributed by atoms with Crippen molar-refractivity contribution in [3.63, 3.8) is 0 Å². The number of nitrogens with zero attached hydrogens (tertiary/aromatic N) is 3. The molecule has 2 aliphatic heterocycles. The number of hydrogen-bond donors (Lipinski definition) is 1. The number of hydrogen-bond acceptors (Lipinski definition) is 5. The molecule has 3 aromatic rings. The number of pyridine rings is 1. The van der Waals surface area contributed by atoms with Crippen LogP contribution in [0.15, 0.2) is 59.8 Å². The highest BCUT2D eigenvalue weighted by Gasteiger charge is 2.41. The van der Waals surface area contributed by atoms with Gasteiger partial charge in [-0.15, -0.1) is 0 Å². The van der Waals surface area contributed by atoms with E-state index >= 15 is 0 Å². The summed E-state index contributed by atoms with van der Waals surface area (Å²) in [4.78, 5) is 20.5. The Morgan fingerprint density at radius 2 is 1.88 bits per heavy atom. The van der Waals surface area contributed by atoms with Crippen LogP contribution < -0.4 is 14.9 Å². The summed E-state index contributed by atoms with van der Waals surface area (Å²) in [5.74, 6) is -1.24. The van der Waals surface area contributed by atoms with Crippen molar-refractivity contribution >= 4 is 38.9 Å². The van der Waals surface area contributed by atoms with Gasteiger partial charge in [0, 0.05) is 48.5 Å². The molecule has 1 aromatic heterocycles. The van der Waals surface area contributed by atoms with Crippen molar-refractivity contribution in [2.45, 2.75) is 24.3 Å². The lowest BCUT2D eigenvalue weighted by Gasteiger charge is -2.42. The molecule has 1 amide bonds. The van der Waals surface area contributed by atoms with Crippen LogP contribution in [0, 0.1) is 11.7 Å². The van der Waals surface area contributed by atoms with Crippen molar-refractivity contribution in [1.82, 2.24) is 4.98 Å². The van der Waals surface area contributed by atoms with Gasteiger partial charge in [0.05, 0.1) is 10.9 Å². The minimum Gasteiger partial charge on any atom is -0.370 e. The van der Waals surface area contributed by atoms with Crippen LogP contribution in [-0.4, -0.2) is 38.4 Å². The number of sulfonamides is 1. The molecule has 2 N–H and O–H groups in total. The lowest BCUT2D eigenvalue weighted by molar-refractivity contribution is -0.123. The molecule has 3 heterocycles. The van der Waals surface area contributed by atoms with Crippen LogP contribution >= 0.6 is 11.6 Å². The van der Waals surface area contributed by atoms with E-state index in [4.69, 9.17) is 16.7 Å². The summed E-state index contributed by atoms with van der Waals surface area (Å²) in [6.45, 7) is 2.94. The number of fused-ring (bicyclic) bond motifs is 1. The highest BCUT2D eigenvalue weighted by Crippen LogP contribution is 2.38. The number of halogens is 2. The highest BCUT2D eigenvalue weighted by molar-refractivity contribution is 7.89. The van der Waals surface area contributed by atoms with Crippen molar-refractivity contribution in [2.75, 3.05) is 22.9 Å². The van der Waals surface area contributed by atoms with Gasteiger partial charge >= 0.3 is 0 Å². The van der Waals surface area contributed by atoms with Gasteiger partial charge in [0.15, 0.2) is 0 Å². The lowest BCUT2D eigenvalue weighted by Crippen LogP contribution is -2.55. The normalized spacial score (nSPS) is 18.1. The summed E-state index contributed by atoms with van der Waals surface area (Å²) in [7, 11) is -4.24. The van der Waals surface area contributed by atoms with E-state index in [-0.39, 0.29) is 17.9 Å². The first-order valence-corrected chi connectivity index (χ1v) is 12.7. The van der Waals surface area contributed by atoms with Crippen molar-refractivity contribution < 1.29 is 17.6 Å². The molecule has 0 aliphatic carbocycles. The van der Waals surface area contributed by atoms with Crippen LogP contribution in [0.1, 0.15) is 12.5 Å². The van der Waals surface area contributed by atoms with Crippen LogP contribution in [0.4, 0.5) is 15.8 Å². The van der Waals surface area contributed by atoms with Gasteiger partial charge in [-0.1, -0.05) is 23.7 Å². The van der Waals surface area contributed by atoms with Gasteiger partial charge in [0.25, 0.3) is 0 Å². The quantitative estimate of drug-likeness (QED) is 0.590. The number of anilines is 2. The van der Waals surface area contributed by atoms with E-state index in [9.17, 15) is 17.6 Å². The molecule has 0 bridgehead atoms. The van der Waals surface area contributed by atoms with Gasteiger partial charge < -0.3 is 9.80 Å². The first kappa shape index (κ1) is 22.8. The summed E-state index contributed by atoms with van der Waals surface area (Å²) < 4.78 is 37.8. The fourth-order valence-electron chi connectivity index (χ4n) is 4.66. The molecule has 5 rings (SSSR count). The number of amides is 1. The molecule has 34 heavy (non-hydrogen) atoms. The summed E-state index contributed by atoms with van der Waals surface area (Å²) >= 11 is 6.25. The zero-order chi connectivity index (χ0) is 24.2. The van der Waals surface area contributed by atoms with Crippen LogP contribution in [0.2, 0.25) is 5.02 Å². The maximum atomic E-state index is 14.2. The average molecular weight is 501 g/mol. The number of benzene rings is 2. The molecular formula is C24H22ClFN4O3S. The predicted octanol–water partition coefficient (Wildman–Crippen LogP) is 3.60. The summed E-state index contributed by atoms with van der Waals surface area (Å²) in [6.07, 6.45) is 3.82. The summed E-state index contributed by atoms with van der Waals surface area (Å²) in [5.41, 5.74) is 3.81. The van der Waals surface area contributed by atoms with Crippen LogP contribution in [0.25, 0.3) is 11.1 Å². The minimum absolute atomic E-state index is 0.103. The van der Waals surface area contributed by atoms with E-state index in [1.54, 1.807) is 23.4 Å². The molecule has 1 unspecified atom stereocenters. The predicted molar refractivity (Wildman–Crippen MR) is 129 cm³/mol. The van der Waals surface area contributed by atoms with Crippen molar-refractivity contribution in [1.29, 1.82) is 0 Å². The Morgan fingerprint density at radius 3 is 2.53 bits per heavy atom. The molecule has 176 valence electrons. The third-order valence-electron chi connectivity index (χ3n) is 6.43. The number of primary sulfonamides is 1. The number of rotatable bonds is 4. The Labute approximate surface area is 202 Å². The van der Waals surface area contributed by atoms with E-state index in [0.717, 1.165) is 16.8 Å². The zero-order valence-electron chi connectivity index (χ0n) is 18.3. The summed E-state index contributed by atoms with van der Waals surface area (Å²) in [5, 5.41) is 5.78. The fraction of sp³-hybridized carbons (Fsp3) is 0.250. The second kappa shape index (κ2) is 8.33. The second-order valence-corrected chi connectivity index (χ2v) is 10.7. The van der Waals surface area contributed by atoms with Crippen molar-refractivity contribution in [3.05, 3.63) is 71.3 Å². The van der Waals surface area contributed by atoms with Gasteiger partial charge in [-0.2, -0.15) is 0 Å². The molecule has 0 radical (unpaired) electrons. The highest BCUT2D eigenvalue weighted by atomic mass is 35.5. The van der Waals surface area contributed by atoms with Gasteiger partial charge in [0.1, 0.15) is 10.7 Å². The Bertz CT molecular complexity index is 1390. The molecule has 2 aromatic carbocycles. The number of aromatic nitrogens is 1. The molecule has 1 fully saturated rings. The van der Waals surface area contributed by atoms with Crippen LogP contribution in [0.5, 0.6) is 0 Å². The van der Waals surface area contributed by atoms with Crippen molar-refractivity contribution in [2.24, 2.45) is 11.1 Å². The van der Waals surface area contributed by atoms with Gasteiger partial charge in [-0.3, -0.25) is 9.78 Å². The topological polar surface area (TPSA) is 96.6 Å². The number of nitrogens with two attached hydrogens (primary N) is 1. The summed E-state index contributed by atoms with van der Waals surface area (Å²) in [6, 6.07) is 11.8. The van der Waals surface area contributed by atoms with E-state index in [1.165, 1.54) is 12.1 Å². The van der Waals surface area contributed by atoms with Crippen molar-refractivity contribution in [3.8, 4) is 11.1 Å². The monoisotopic (exact) mass is 500 g/mol. The van der Waals surface area contributed by atoms with Gasteiger partial charge in [0.2, 0.25) is 15.9 Å². The first-order chi connectivity index (χ1) is 16.1.